The molecule has 0 amide bonds. The number of hydrogen-bond acceptors (Lipinski definition) is 3. The number of rotatable bonds is 2. The molecule has 2 rings (SSSR count). The number of halogens is 1. The van der Waals surface area contributed by atoms with Crippen molar-refractivity contribution in [2.45, 2.75) is 13.8 Å². The summed E-state index contributed by atoms with van der Waals surface area (Å²) in [5.74, 6) is -0.229. The number of benzene rings is 1. The fourth-order valence-corrected chi connectivity index (χ4v) is 2.30. The fraction of sp³-hybridized carbons (Fsp3) is 0.167. The Kier molecular flexibility index (Phi) is 2.83. The van der Waals surface area contributed by atoms with Crippen molar-refractivity contribution in [2.75, 3.05) is 0 Å². The van der Waals surface area contributed by atoms with Crippen molar-refractivity contribution < 1.29 is 9.18 Å². The molecule has 0 radical (unpaired) electrons. The quantitative estimate of drug-likeness (QED) is 0.747. The Labute approximate surface area is 96.8 Å². The van der Waals surface area contributed by atoms with Crippen molar-refractivity contribution >= 4 is 17.6 Å². The molecule has 82 valence electrons. The van der Waals surface area contributed by atoms with Crippen LogP contribution in [0.4, 0.5) is 4.39 Å². The second kappa shape index (κ2) is 4.14. The zero-order valence-corrected chi connectivity index (χ0v) is 9.77. The van der Waals surface area contributed by atoms with Crippen LogP contribution in [0, 0.1) is 19.7 Å². The van der Waals surface area contributed by atoms with Crippen LogP contribution in [0.15, 0.2) is 18.2 Å². The Morgan fingerprint density at radius 2 is 2.12 bits per heavy atom. The minimum atomic E-state index is -0.229. The number of aldehydes is 1. The Bertz CT molecular complexity index is 548. The maximum absolute atomic E-state index is 13.1. The Hall–Kier alpha value is -1.55. The van der Waals surface area contributed by atoms with Crippen molar-refractivity contribution in [1.29, 1.82) is 0 Å². The molecule has 0 spiro atoms. The Morgan fingerprint density at radius 3 is 2.69 bits per heavy atom. The third-order valence-corrected chi connectivity index (χ3v) is 3.48. The van der Waals surface area contributed by atoms with E-state index in [2.05, 4.69) is 4.98 Å². The number of carbonyl (C=O) groups is 1. The van der Waals surface area contributed by atoms with Gasteiger partial charge in [-0.3, -0.25) is 4.79 Å². The molecule has 1 aromatic carbocycles. The van der Waals surface area contributed by atoms with E-state index in [0.29, 0.717) is 10.4 Å². The van der Waals surface area contributed by atoms with E-state index in [9.17, 15) is 9.18 Å². The molecule has 0 bridgehead atoms. The molecule has 2 aromatic rings. The summed E-state index contributed by atoms with van der Waals surface area (Å²) in [5, 5.41) is 0.753. The summed E-state index contributed by atoms with van der Waals surface area (Å²) in [4.78, 5) is 15.6. The summed E-state index contributed by atoms with van der Waals surface area (Å²) in [5.41, 5.74) is 2.15. The third kappa shape index (κ3) is 1.88. The van der Waals surface area contributed by atoms with Crippen LogP contribution < -0.4 is 0 Å². The first-order valence-electron chi connectivity index (χ1n) is 4.81. The van der Waals surface area contributed by atoms with Crippen LogP contribution in [0.1, 0.15) is 20.9 Å². The van der Waals surface area contributed by atoms with E-state index in [1.165, 1.54) is 17.4 Å². The highest BCUT2D eigenvalue weighted by atomic mass is 32.1. The summed E-state index contributed by atoms with van der Waals surface area (Å²) in [6, 6.07) is 4.83. The highest BCUT2D eigenvalue weighted by Gasteiger charge is 2.09. The lowest BCUT2D eigenvalue weighted by Gasteiger charge is -1.99. The molecule has 0 N–H and O–H groups in total. The standard InChI is InChI=1S/C12H10FNOS/c1-7-5-9(3-4-10(7)13)12-14-8(2)11(6-15)16-12/h3-6H,1-2H3. The van der Waals surface area contributed by atoms with Crippen molar-refractivity contribution in [3.05, 3.63) is 40.2 Å². The maximum atomic E-state index is 13.1. The lowest BCUT2D eigenvalue weighted by Crippen LogP contribution is -1.84. The summed E-state index contributed by atoms with van der Waals surface area (Å²) >= 11 is 1.33. The van der Waals surface area contributed by atoms with Crippen LogP contribution >= 0.6 is 11.3 Å². The second-order valence-corrected chi connectivity index (χ2v) is 4.58. The zero-order chi connectivity index (χ0) is 11.7. The molecule has 0 unspecified atom stereocenters. The largest absolute Gasteiger partial charge is 0.297 e. The normalized spacial score (nSPS) is 10.4. The van der Waals surface area contributed by atoms with Crippen LogP contribution in [0.25, 0.3) is 10.6 Å². The number of aryl methyl sites for hydroxylation is 2. The lowest BCUT2D eigenvalue weighted by molar-refractivity contribution is 0.112. The van der Waals surface area contributed by atoms with Crippen LogP contribution in [-0.2, 0) is 0 Å². The second-order valence-electron chi connectivity index (χ2n) is 3.55. The fourth-order valence-electron chi connectivity index (χ4n) is 1.42. The van der Waals surface area contributed by atoms with E-state index < -0.39 is 0 Å². The number of hydrogen-bond donors (Lipinski definition) is 0. The highest BCUT2D eigenvalue weighted by molar-refractivity contribution is 7.16. The van der Waals surface area contributed by atoms with Crippen molar-refractivity contribution in [3.8, 4) is 10.6 Å². The Morgan fingerprint density at radius 1 is 1.38 bits per heavy atom. The summed E-state index contributed by atoms with van der Waals surface area (Å²) < 4.78 is 13.1. The molecule has 1 aromatic heterocycles. The van der Waals surface area contributed by atoms with E-state index in [4.69, 9.17) is 0 Å². The first-order chi connectivity index (χ1) is 7.61. The first kappa shape index (κ1) is 11.0. The van der Waals surface area contributed by atoms with Gasteiger partial charge in [0.05, 0.1) is 10.6 Å². The summed E-state index contributed by atoms with van der Waals surface area (Å²) in [6.07, 6.45) is 0.798. The first-order valence-corrected chi connectivity index (χ1v) is 5.62. The molecular weight excluding hydrogens is 225 g/mol. The molecule has 0 aliphatic heterocycles. The molecule has 0 atom stereocenters. The van der Waals surface area contributed by atoms with Gasteiger partial charge in [-0.05, 0) is 37.6 Å². The Balaban J connectivity index is 2.50. The third-order valence-electron chi connectivity index (χ3n) is 2.34. The molecule has 0 saturated heterocycles. The lowest BCUT2D eigenvalue weighted by atomic mass is 10.1. The maximum Gasteiger partial charge on any atom is 0.161 e. The van der Waals surface area contributed by atoms with E-state index in [-0.39, 0.29) is 5.82 Å². The minimum absolute atomic E-state index is 0.229. The number of aromatic nitrogens is 1. The van der Waals surface area contributed by atoms with Gasteiger partial charge in [-0.25, -0.2) is 9.37 Å². The monoisotopic (exact) mass is 235 g/mol. The molecule has 16 heavy (non-hydrogen) atoms. The van der Waals surface area contributed by atoms with E-state index in [0.717, 1.165) is 22.6 Å². The smallest absolute Gasteiger partial charge is 0.161 e. The van der Waals surface area contributed by atoms with Crippen LogP contribution in [0.3, 0.4) is 0 Å². The zero-order valence-electron chi connectivity index (χ0n) is 8.95. The minimum Gasteiger partial charge on any atom is -0.297 e. The van der Waals surface area contributed by atoms with Crippen molar-refractivity contribution in [1.82, 2.24) is 4.98 Å². The van der Waals surface area contributed by atoms with Crippen LogP contribution in [0.2, 0.25) is 0 Å². The highest BCUT2D eigenvalue weighted by Crippen LogP contribution is 2.27. The van der Waals surface area contributed by atoms with E-state index in [1.807, 2.05) is 0 Å². The van der Waals surface area contributed by atoms with Gasteiger partial charge in [0.15, 0.2) is 6.29 Å². The van der Waals surface area contributed by atoms with Gasteiger partial charge in [0.2, 0.25) is 0 Å². The predicted molar refractivity (Wildman–Crippen MR) is 62.4 cm³/mol. The van der Waals surface area contributed by atoms with Crippen molar-refractivity contribution in [2.24, 2.45) is 0 Å². The molecule has 0 fully saturated rings. The summed E-state index contributed by atoms with van der Waals surface area (Å²) in [7, 11) is 0. The van der Waals surface area contributed by atoms with E-state index in [1.54, 1.807) is 26.0 Å². The molecule has 0 saturated carbocycles. The molecule has 2 nitrogen and oxygen atoms in total. The van der Waals surface area contributed by atoms with Crippen LogP contribution in [-0.4, -0.2) is 11.3 Å². The molecule has 0 aliphatic carbocycles. The molecule has 1 heterocycles. The SMILES string of the molecule is Cc1cc(-c2nc(C)c(C=O)s2)ccc1F. The number of carbonyl (C=O) groups excluding carboxylic acids is 1. The van der Waals surface area contributed by atoms with Gasteiger partial charge in [-0.2, -0.15) is 0 Å². The number of nitrogens with zero attached hydrogens (tertiary/aromatic N) is 1. The molecule has 0 aliphatic rings. The van der Waals surface area contributed by atoms with E-state index >= 15 is 0 Å². The van der Waals surface area contributed by atoms with Gasteiger partial charge in [0, 0.05) is 5.56 Å². The van der Waals surface area contributed by atoms with Gasteiger partial charge in [-0.15, -0.1) is 11.3 Å². The van der Waals surface area contributed by atoms with Gasteiger partial charge >= 0.3 is 0 Å². The van der Waals surface area contributed by atoms with Gasteiger partial charge in [0.1, 0.15) is 10.8 Å². The van der Waals surface area contributed by atoms with Gasteiger partial charge in [0.25, 0.3) is 0 Å². The van der Waals surface area contributed by atoms with Gasteiger partial charge in [-0.1, -0.05) is 0 Å². The number of thiazole rings is 1. The average molecular weight is 235 g/mol. The van der Waals surface area contributed by atoms with Gasteiger partial charge < -0.3 is 0 Å². The average Bonchev–Trinajstić information content (AvgIpc) is 2.64. The molecular formula is C12H10FNOS. The van der Waals surface area contributed by atoms with Crippen molar-refractivity contribution in [3.63, 3.8) is 0 Å². The predicted octanol–water partition coefficient (Wildman–Crippen LogP) is 3.38. The molecule has 4 heteroatoms. The summed E-state index contributed by atoms with van der Waals surface area (Å²) in [6.45, 7) is 3.50. The topological polar surface area (TPSA) is 30.0 Å². The van der Waals surface area contributed by atoms with Crippen LogP contribution in [0.5, 0.6) is 0 Å².